The number of nitrogens with zero attached hydrogens (tertiary/aromatic N) is 1. The van der Waals surface area contributed by atoms with Gasteiger partial charge < -0.3 is 21.1 Å². The number of anilines is 3. The highest BCUT2D eigenvalue weighted by Gasteiger charge is 2.17. The van der Waals surface area contributed by atoms with E-state index >= 15 is 0 Å². The fourth-order valence-electron chi connectivity index (χ4n) is 2.17. The minimum Gasteiger partial charge on any atom is -0.482 e. The highest BCUT2D eigenvalue weighted by atomic mass is 16.5. The van der Waals surface area contributed by atoms with Gasteiger partial charge in [-0.1, -0.05) is 6.07 Å². The van der Waals surface area contributed by atoms with Crippen molar-refractivity contribution < 1.29 is 9.53 Å². The minimum absolute atomic E-state index is 0.0267. The van der Waals surface area contributed by atoms with E-state index in [-0.39, 0.29) is 12.5 Å². The van der Waals surface area contributed by atoms with E-state index in [1.807, 2.05) is 18.2 Å². The van der Waals surface area contributed by atoms with Crippen molar-refractivity contribution in [2.75, 3.05) is 29.5 Å². The van der Waals surface area contributed by atoms with Crippen LogP contribution in [-0.2, 0) is 11.2 Å². The van der Waals surface area contributed by atoms with Gasteiger partial charge in [0.25, 0.3) is 5.91 Å². The summed E-state index contributed by atoms with van der Waals surface area (Å²) in [7, 11) is 0. The standard InChI is InChI=1S/C15H16N4O2/c16-11-7-14-13(19-15(20)9-21-14)8-12(11)18-6-4-10-3-1-2-5-17-10/h1-3,5,7-8,18H,4,6,9,16H2,(H,19,20). The number of ether oxygens (including phenoxy) is 1. The Labute approximate surface area is 122 Å². The normalized spacial score (nSPS) is 13.0. The molecule has 0 bridgehead atoms. The Balaban J connectivity index is 1.68. The monoisotopic (exact) mass is 284 g/mol. The zero-order valence-electron chi connectivity index (χ0n) is 11.4. The van der Waals surface area contributed by atoms with Gasteiger partial charge in [0.15, 0.2) is 6.61 Å². The molecule has 0 aliphatic carbocycles. The maximum Gasteiger partial charge on any atom is 0.262 e. The smallest absolute Gasteiger partial charge is 0.262 e. The summed E-state index contributed by atoms with van der Waals surface area (Å²) in [6, 6.07) is 9.34. The Morgan fingerprint density at radius 2 is 2.29 bits per heavy atom. The van der Waals surface area contributed by atoms with Crippen LogP contribution in [0.5, 0.6) is 5.75 Å². The first kappa shape index (κ1) is 13.2. The van der Waals surface area contributed by atoms with Crippen LogP contribution in [0, 0.1) is 0 Å². The molecule has 1 aromatic carbocycles. The van der Waals surface area contributed by atoms with Crippen LogP contribution in [0.15, 0.2) is 36.5 Å². The Bertz CT molecular complexity index is 658. The number of rotatable bonds is 4. The van der Waals surface area contributed by atoms with Crippen LogP contribution in [0.1, 0.15) is 5.69 Å². The molecule has 2 aromatic rings. The van der Waals surface area contributed by atoms with E-state index in [0.717, 1.165) is 17.8 Å². The topological polar surface area (TPSA) is 89.3 Å². The van der Waals surface area contributed by atoms with Crippen molar-refractivity contribution in [1.82, 2.24) is 4.98 Å². The number of benzene rings is 1. The Morgan fingerprint density at radius 3 is 3.10 bits per heavy atom. The Morgan fingerprint density at radius 1 is 1.38 bits per heavy atom. The lowest BCUT2D eigenvalue weighted by Crippen LogP contribution is -2.25. The Hall–Kier alpha value is -2.76. The van der Waals surface area contributed by atoms with E-state index in [1.54, 1.807) is 18.3 Å². The third-order valence-corrected chi connectivity index (χ3v) is 3.21. The van der Waals surface area contributed by atoms with E-state index in [9.17, 15) is 4.79 Å². The summed E-state index contributed by atoms with van der Waals surface area (Å²) in [5.41, 5.74) is 9.00. The second kappa shape index (κ2) is 5.70. The summed E-state index contributed by atoms with van der Waals surface area (Å²) in [6.07, 6.45) is 2.57. The summed E-state index contributed by atoms with van der Waals surface area (Å²) in [5.74, 6) is 0.439. The molecule has 1 aliphatic rings. The first-order valence-corrected chi connectivity index (χ1v) is 6.72. The molecule has 3 rings (SSSR count). The van der Waals surface area contributed by atoms with Gasteiger partial charge in [-0.05, 0) is 18.2 Å². The molecule has 0 spiro atoms. The molecule has 1 aromatic heterocycles. The van der Waals surface area contributed by atoms with Gasteiger partial charge in [0.05, 0.1) is 17.1 Å². The third-order valence-electron chi connectivity index (χ3n) is 3.21. The number of fused-ring (bicyclic) bond motifs is 1. The number of amides is 1. The Kier molecular flexibility index (Phi) is 3.59. The van der Waals surface area contributed by atoms with Crippen molar-refractivity contribution in [2.45, 2.75) is 6.42 Å². The molecule has 0 saturated heterocycles. The van der Waals surface area contributed by atoms with Gasteiger partial charge in [0.1, 0.15) is 5.75 Å². The number of pyridine rings is 1. The second-order valence-electron chi connectivity index (χ2n) is 4.77. The number of aromatic nitrogens is 1. The molecule has 21 heavy (non-hydrogen) atoms. The summed E-state index contributed by atoms with van der Waals surface area (Å²) in [5, 5.41) is 6.02. The average molecular weight is 284 g/mol. The summed E-state index contributed by atoms with van der Waals surface area (Å²) in [6.45, 7) is 0.730. The fourth-order valence-corrected chi connectivity index (χ4v) is 2.17. The van der Waals surface area contributed by atoms with Crippen molar-refractivity contribution in [3.8, 4) is 5.75 Å². The largest absolute Gasteiger partial charge is 0.482 e. The number of carbonyl (C=O) groups is 1. The maximum atomic E-state index is 11.3. The molecule has 6 heteroatoms. The van der Waals surface area contributed by atoms with Gasteiger partial charge in [-0.15, -0.1) is 0 Å². The number of nitrogens with two attached hydrogens (primary N) is 1. The second-order valence-corrected chi connectivity index (χ2v) is 4.77. The molecule has 1 aliphatic heterocycles. The van der Waals surface area contributed by atoms with Gasteiger partial charge in [-0.3, -0.25) is 9.78 Å². The van der Waals surface area contributed by atoms with Crippen molar-refractivity contribution in [2.24, 2.45) is 0 Å². The van der Waals surface area contributed by atoms with Crippen LogP contribution in [0.2, 0.25) is 0 Å². The number of carbonyl (C=O) groups excluding carboxylic acids is 1. The van der Waals surface area contributed by atoms with Gasteiger partial charge in [-0.25, -0.2) is 0 Å². The lowest BCUT2D eigenvalue weighted by Gasteiger charge is -2.20. The molecule has 6 nitrogen and oxygen atoms in total. The van der Waals surface area contributed by atoms with E-state index in [4.69, 9.17) is 10.5 Å². The van der Waals surface area contributed by atoms with Gasteiger partial charge in [0, 0.05) is 30.9 Å². The van der Waals surface area contributed by atoms with Crippen molar-refractivity contribution in [3.63, 3.8) is 0 Å². The summed E-state index contributed by atoms with van der Waals surface area (Å²) >= 11 is 0. The van der Waals surface area contributed by atoms with Crippen LogP contribution in [0.3, 0.4) is 0 Å². The van der Waals surface area contributed by atoms with Crippen molar-refractivity contribution in [3.05, 3.63) is 42.2 Å². The van der Waals surface area contributed by atoms with Gasteiger partial charge >= 0.3 is 0 Å². The third kappa shape index (κ3) is 3.05. The number of hydrogen-bond donors (Lipinski definition) is 3. The van der Waals surface area contributed by atoms with Crippen LogP contribution in [0.25, 0.3) is 0 Å². The van der Waals surface area contributed by atoms with Crippen LogP contribution >= 0.6 is 0 Å². The highest BCUT2D eigenvalue weighted by Crippen LogP contribution is 2.35. The molecule has 0 radical (unpaired) electrons. The van der Waals surface area contributed by atoms with Crippen molar-refractivity contribution in [1.29, 1.82) is 0 Å². The van der Waals surface area contributed by atoms with Gasteiger partial charge in [0.2, 0.25) is 0 Å². The predicted molar refractivity (Wildman–Crippen MR) is 81.4 cm³/mol. The van der Waals surface area contributed by atoms with E-state index in [1.165, 1.54) is 0 Å². The van der Waals surface area contributed by atoms with Crippen LogP contribution < -0.4 is 21.1 Å². The number of nitrogen functional groups attached to an aromatic ring is 1. The highest BCUT2D eigenvalue weighted by molar-refractivity contribution is 5.97. The molecule has 2 heterocycles. The van der Waals surface area contributed by atoms with E-state index in [0.29, 0.717) is 23.7 Å². The number of hydrogen-bond acceptors (Lipinski definition) is 5. The average Bonchev–Trinajstić information content (AvgIpc) is 2.49. The molecule has 1 amide bonds. The molecule has 0 fully saturated rings. The molecule has 0 saturated carbocycles. The van der Waals surface area contributed by atoms with Crippen LogP contribution in [0.4, 0.5) is 17.1 Å². The molecule has 108 valence electrons. The fraction of sp³-hybridized carbons (Fsp3) is 0.200. The van der Waals surface area contributed by atoms with Crippen molar-refractivity contribution >= 4 is 23.0 Å². The minimum atomic E-state index is -0.160. The van der Waals surface area contributed by atoms with E-state index in [2.05, 4.69) is 15.6 Å². The zero-order chi connectivity index (χ0) is 14.7. The maximum absolute atomic E-state index is 11.3. The molecule has 0 atom stereocenters. The molecule has 0 unspecified atom stereocenters. The molecule has 4 N–H and O–H groups in total. The lowest BCUT2D eigenvalue weighted by molar-refractivity contribution is -0.118. The van der Waals surface area contributed by atoms with Gasteiger partial charge in [-0.2, -0.15) is 0 Å². The molecular formula is C15H16N4O2. The van der Waals surface area contributed by atoms with E-state index < -0.39 is 0 Å². The molecular weight excluding hydrogens is 268 g/mol. The zero-order valence-corrected chi connectivity index (χ0v) is 11.4. The van der Waals surface area contributed by atoms with Crippen LogP contribution in [-0.4, -0.2) is 24.0 Å². The SMILES string of the molecule is Nc1cc2c(cc1NCCc1ccccn1)NC(=O)CO2. The quantitative estimate of drug-likeness (QED) is 0.743. The first-order chi connectivity index (χ1) is 10.2. The lowest BCUT2D eigenvalue weighted by atomic mass is 10.2. The first-order valence-electron chi connectivity index (χ1n) is 6.72. The number of nitrogens with one attached hydrogen (secondary N) is 2. The summed E-state index contributed by atoms with van der Waals surface area (Å²) in [4.78, 5) is 15.6. The summed E-state index contributed by atoms with van der Waals surface area (Å²) < 4.78 is 5.32. The predicted octanol–water partition coefficient (Wildman–Crippen LogP) is 1.65.